The van der Waals surface area contributed by atoms with Crippen molar-refractivity contribution in [3.63, 3.8) is 0 Å². The summed E-state index contributed by atoms with van der Waals surface area (Å²) >= 11 is 0. The summed E-state index contributed by atoms with van der Waals surface area (Å²) in [4.78, 5) is 11.8. The number of aromatic nitrogens is 2. The van der Waals surface area contributed by atoms with Gasteiger partial charge in [-0.05, 0) is 55.9 Å². The van der Waals surface area contributed by atoms with Gasteiger partial charge in [0.2, 0.25) is 10.0 Å². The molecule has 0 unspecified atom stereocenters. The molecule has 0 radical (unpaired) electrons. The molecular formula is C26H30FN3O4S. The van der Waals surface area contributed by atoms with Crippen LogP contribution in [0.1, 0.15) is 61.4 Å². The van der Waals surface area contributed by atoms with Crippen molar-refractivity contribution in [1.82, 2.24) is 14.1 Å². The van der Waals surface area contributed by atoms with Gasteiger partial charge in [-0.3, -0.25) is 9.48 Å². The second-order valence-corrected chi connectivity index (χ2v) is 11.9. The van der Waals surface area contributed by atoms with E-state index in [-0.39, 0.29) is 41.6 Å². The lowest BCUT2D eigenvalue weighted by atomic mass is 9.93. The Kier molecular flexibility index (Phi) is 6.17. The van der Waals surface area contributed by atoms with E-state index in [0.29, 0.717) is 28.7 Å². The number of carboxylic acid groups (broad SMARTS) is 1. The SMILES string of the molecule is Cc1ccc(S(=O)(=O)N2C[C@@H](C)[C@@H](n3nc(CC(=O)O)c4ccc(F)c(C5CCCC5)c43)C2)cc1. The third-order valence-electron chi connectivity index (χ3n) is 7.53. The van der Waals surface area contributed by atoms with Crippen LogP contribution in [-0.2, 0) is 21.2 Å². The van der Waals surface area contributed by atoms with Gasteiger partial charge in [-0.25, -0.2) is 12.8 Å². The molecule has 5 rings (SSSR count). The fraction of sp³-hybridized carbons (Fsp3) is 0.462. The normalized spacial score (nSPS) is 21.8. The number of rotatable bonds is 6. The Morgan fingerprint density at radius 2 is 1.80 bits per heavy atom. The highest BCUT2D eigenvalue weighted by Crippen LogP contribution is 2.42. The van der Waals surface area contributed by atoms with Gasteiger partial charge in [-0.1, -0.05) is 37.5 Å². The van der Waals surface area contributed by atoms with Crippen LogP contribution in [-0.4, -0.2) is 46.7 Å². The number of benzene rings is 2. The smallest absolute Gasteiger partial charge is 0.309 e. The van der Waals surface area contributed by atoms with E-state index in [1.54, 1.807) is 35.0 Å². The molecule has 9 heteroatoms. The van der Waals surface area contributed by atoms with Gasteiger partial charge >= 0.3 is 5.97 Å². The largest absolute Gasteiger partial charge is 0.481 e. The summed E-state index contributed by atoms with van der Waals surface area (Å²) in [7, 11) is -3.70. The predicted molar refractivity (Wildman–Crippen MR) is 130 cm³/mol. The van der Waals surface area contributed by atoms with Crippen molar-refractivity contribution >= 4 is 26.9 Å². The van der Waals surface area contributed by atoms with Crippen molar-refractivity contribution in [1.29, 1.82) is 0 Å². The standard InChI is InChI=1S/C26H30FN3O4S/c1-16-7-9-19(10-8-16)35(33,34)29-14-17(2)23(15-29)30-26-20(22(28-30)13-24(31)32)11-12-21(27)25(26)18-5-3-4-6-18/h7-12,17-18,23H,3-6,13-15H2,1-2H3,(H,31,32)/t17-,23+/m1/s1. The Labute approximate surface area is 204 Å². The van der Waals surface area contributed by atoms with Crippen molar-refractivity contribution < 1.29 is 22.7 Å². The molecule has 7 nitrogen and oxygen atoms in total. The van der Waals surface area contributed by atoms with Crippen LogP contribution in [0.15, 0.2) is 41.3 Å². The van der Waals surface area contributed by atoms with Crippen molar-refractivity contribution in [2.75, 3.05) is 13.1 Å². The lowest BCUT2D eigenvalue weighted by Gasteiger charge is -2.20. The van der Waals surface area contributed by atoms with E-state index in [1.165, 1.54) is 10.4 Å². The molecule has 1 aliphatic heterocycles. The molecule has 1 aliphatic carbocycles. The lowest BCUT2D eigenvalue weighted by Crippen LogP contribution is -2.29. The third-order valence-corrected chi connectivity index (χ3v) is 9.37. The van der Waals surface area contributed by atoms with Gasteiger partial charge in [0.05, 0.1) is 28.6 Å². The number of hydrogen-bond acceptors (Lipinski definition) is 4. The van der Waals surface area contributed by atoms with Crippen LogP contribution in [0.3, 0.4) is 0 Å². The Bertz CT molecular complexity index is 1380. The molecular weight excluding hydrogens is 469 g/mol. The third kappa shape index (κ3) is 4.25. The Morgan fingerprint density at radius 3 is 2.46 bits per heavy atom. The summed E-state index contributed by atoms with van der Waals surface area (Å²) in [6.45, 7) is 4.38. The first kappa shape index (κ1) is 23.9. The van der Waals surface area contributed by atoms with E-state index in [1.807, 2.05) is 13.8 Å². The van der Waals surface area contributed by atoms with Gasteiger partial charge in [0.15, 0.2) is 0 Å². The number of carboxylic acids is 1. The molecule has 2 heterocycles. The van der Waals surface area contributed by atoms with Gasteiger partial charge in [-0.2, -0.15) is 9.40 Å². The Hall–Kier alpha value is -2.78. The molecule has 3 aromatic rings. The highest BCUT2D eigenvalue weighted by atomic mass is 32.2. The van der Waals surface area contributed by atoms with Crippen molar-refractivity contribution in [2.45, 2.75) is 62.8 Å². The molecule has 2 atom stereocenters. The number of fused-ring (bicyclic) bond motifs is 1. The topological polar surface area (TPSA) is 92.5 Å². The van der Waals surface area contributed by atoms with Crippen LogP contribution >= 0.6 is 0 Å². The van der Waals surface area contributed by atoms with Crippen LogP contribution in [0.5, 0.6) is 0 Å². The van der Waals surface area contributed by atoms with E-state index in [0.717, 1.165) is 31.2 Å². The number of hydrogen-bond donors (Lipinski definition) is 1. The number of halogens is 1. The zero-order valence-corrected chi connectivity index (χ0v) is 20.8. The summed E-state index contributed by atoms with van der Waals surface area (Å²) in [6.07, 6.45) is 3.54. The second-order valence-electron chi connectivity index (χ2n) is 9.98. The monoisotopic (exact) mass is 499 g/mol. The van der Waals surface area contributed by atoms with Gasteiger partial charge in [0.1, 0.15) is 5.82 Å². The average molecular weight is 500 g/mol. The average Bonchev–Trinajstić information content (AvgIpc) is 3.53. The van der Waals surface area contributed by atoms with Crippen LogP contribution in [0.2, 0.25) is 0 Å². The van der Waals surface area contributed by atoms with Crippen LogP contribution in [0, 0.1) is 18.7 Å². The lowest BCUT2D eigenvalue weighted by molar-refractivity contribution is -0.136. The van der Waals surface area contributed by atoms with E-state index in [2.05, 4.69) is 5.10 Å². The van der Waals surface area contributed by atoms with Crippen LogP contribution in [0.4, 0.5) is 4.39 Å². The van der Waals surface area contributed by atoms with Crippen LogP contribution in [0.25, 0.3) is 10.9 Å². The van der Waals surface area contributed by atoms with Crippen molar-refractivity contribution in [3.8, 4) is 0 Å². The van der Waals surface area contributed by atoms with E-state index >= 15 is 4.39 Å². The molecule has 35 heavy (non-hydrogen) atoms. The minimum absolute atomic E-state index is 0.0518. The van der Waals surface area contributed by atoms with Gasteiger partial charge in [-0.15, -0.1) is 0 Å². The number of sulfonamides is 1. The van der Waals surface area contributed by atoms with Gasteiger partial charge < -0.3 is 5.11 Å². The quantitative estimate of drug-likeness (QED) is 0.533. The Morgan fingerprint density at radius 1 is 1.11 bits per heavy atom. The molecule has 1 aromatic heterocycles. The molecule has 0 amide bonds. The maximum atomic E-state index is 15.3. The first-order valence-corrected chi connectivity index (χ1v) is 13.6. The first-order valence-electron chi connectivity index (χ1n) is 12.1. The second kappa shape index (κ2) is 9.02. The van der Waals surface area contributed by atoms with Crippen molar-refractivity contribution in [3.05, 3.63) is 59.0 Å². The fourth-order valence-electron chi connectivity index (χ4n) is 5.69. The van der Waals surface area contributed by atoms with Gasteiger partial charge in [0.25, 0.3) is 0 Å². The molecule has 2 aliphatic rings. The van der Waals surface area contributed by atoms with Crippen LogP contribution < -0.4 is 0 Å². The number of aliphatic carboxylic acids is 1. The number of aryl methyl sites for hydroxylation is 1. The fourth-order valence-corrected chi connectivity index (χ4v) is 7.25. The molecule has 0 bridgehead atoms. The summed E-state index contributed by atoms with van der Waals surface area (Å²) < 4.78 is 45.2. The minimum Gasteiger partial charge on any atom is -0.481 e. The Balaban J connectivity index is 1.60. The highest BCUT2D eigenvalue weighted by molar-refractivity contribution is 7.89. The number of nitrogens with zero attached hydrogens (tertiary/aromatic N) is 3. The molecule has 2 fully saturated rings. The van der Waals surface area contributed by atoms with Crippen molar-refractivity contribution in [2.24, 2.45) is 5.92 Å². The molecule has 1 saturated carbocycles. The summed E-state index contributed by atoms with van der Waals surface area (Å²) in [5, 5.41) is 14.8. The maximum Gasteiger partial charge on any atom is 0.309 e. The molecule has 1 N–H and O–H groups in total. The molecule has 2 aromatic carbocycles. The maximum absolute atomic E-state index is 15.3. The number of carbonyl (C=O) groups is 1. The minimum atomic E-state index is -3.70. The highest BCUT2D eigenvalue weighted by Gasteiger charge is 2.40. The summed E-state index contributed by atoms with van der Waals surface area (Å²) in [6, 6.07) is 9.49. The van der Waals surface area contributed by atoms with Gasteiger partial charge in [0, 0.05) is 24.0 Å². The van der Waals surface area contributed by atoms with E-state index in [9.17, 15) is 18.3 Å². The zero-order valence-electron chi connectivity index (χ0n) is 19.9. The molecule has 0 spiro atoms. The first-order chi connectivity index (χ1) is 16.7. The molecule has 1 saturated heterocycles. The predicted octanol–water partition coefficient (Wildman–Crippen LogP) is 4.65. The van der Waals surface area contributed by atoms with E-state index in [4.69, 9.17) is 0 Å². The summed E-state index contributed by atoms with van der Waals surface area (Å²) in [5.41, 5.74) is 2.58. The zero-order chi connectivity index (χ0) is 24.9. The summed E-state index contributed by atoms with van der Waals surface area (Å²) in [5.74, 6) is -1.35. The van der Waals surface area contributed by atoms with E-state index < -0.39 is 16.0 Å². The molecule has 186 valence electrons.